The van der Waals surface area contributed by atoms with Gasteiger partial charge in [-0.25, -0.2) is 4.98 Å². The van der Waals surface area contributed by atoms with Crippen molar-refractivity contribution in [3.63, 3.8) is 0 Å². The highest BCUT2D eigenvalue weighted by Gasteiger charge is 2.47. The fraction of sp³-hybridized carbons (Fsp3) is 0.731. The summed E-state index contributed by atoms with van der Waals surface area (Å²) in [6.45, 7) is 19.7. The Hall–Kier alpha value is -1.18. The fourth-order valence-electron chi connectivity index (χ4n) is 4.89. The number of thiol groups is 1. The van der Waals surface area contributed by atoms with Crippen LogP contribution in [0.15, 0.2) is 23.3 Å². The Kier molecular flexibility index (Phi) is 9.39. The zero-order valence-electron chi connectivity index (χ0n) is 24.5. The summed E-state index contributed by atoms with van der Waals surface area (Å²) in [5.74, 6) is 0.395. The minimum absolute atomic E-state index is 0.0145. The van der Waals surface area contributed by atoms with E-state index >= 15 is 0 Å². The number of allylic oxidation sites excluding steroid dienone is 1. The van der Waals surface area contributed by atoms with Crippen LogP contribution in [0.3, 0.4) is 0 Å². The van der Waals surface area contributed by atoms with Gasteiger partial charge in [0.05, 0.1) is 12.9 Å². The predicted molar refractivity (Wildman–Crippen MR) is 168 cm³/mol. The SMILES string of the molecule is C=C(C)[C@H]1CC[C@@](C)(S)[C@H](O[P+](=S)O[C@H]2C[C@H](n3cnc4c(=O)[nH]c(N)nc43)O[C@@H]2CO[Si](C)(C)C(C)(C)C)C1. The maximum atomic E-state index is 12.3. The Morgan fingerprint density at radius 2 is 2.10 bits per heavy atom. The molecule has 0 bridgehead atoms. The minimum atomic E-state index is -2.06. The second-order valence-corrected chi connectivity index (χ2v) is 20.4. The average Bonchev–Trinajstić information content (AvgIpc) is 3.42. The number of nitrogens with zero attached hydrogens (tertiary/aromatic N) is 3. The van der Waals surface area contributed by atoms with Crippen LogP contribution in [0.5, 0.6) is 0 Å². The van der Waals surface area contributed by atoms with E-state index in [9.17, 15) is 4.79 Å². The van der Waals surface area contributed by atoms with Crippen molar-refractivity contribution < 1.29 is 18.2 Å². The molecule has 2 aliphatic rings. The van der Waals surface area contributed by atoms with E-state index in [2.05, 4.69) is 69.2 Å². The highest BCUT2D eigenvalue weighted by Crippen LogP contribution is 2.47. The quantitative estimate of drug-likeness (QED) is 0.140. The van der Waals surface area contributed by atoms with Gasteiger partial charge in [0.25, 0.3) is 5.56 Å². The Balaban J connectivity index is 1.54. The summed E-state index contributed by atoms with van der Waals surface area (Å²) in [7, 11) is -3.72. The van der Waals surface area contributed by atoms with E-state index in [4.69, 9.17) is 48.4 Å². The van der Waals surface area contributed by atoms with Crippen LogP contribution in [0.2, 0.25) is 18.1 Å². The summed E-state index contributed by atoms with van der Waals surface area (Å²) in [6.07, 6.45) is 3.35. The van der Waals surface area contributed by atoms with Crippen molar-refractivity contribution in [2.45, 2.75) is 108 Å². The first-order valence-corrected chi connectivity index (χ1v) is 19.2. The monoisotopic (exact) mass is 628 g/mol. The average molecular weight is 629 g/mol. The van der Waals surface area contributed by atoms with Gasteiger partial charge in [-0.3, -0.25) is 14.3 Å². The Morgan fingerprint density at radius 1 is 1.40 bits per heavy atom. The van der Waals surface area contributed by atoms with Gasteiger partial charge in [-0.2, -0.15) is 17.6 Å². The maximum absolute atomic E-state index is 12.3. The molecule has 2 aromatic rings. The molecule has 2 aromatic heterocycles. The lowest BCUT2D eigenvalue weighted by atomic mass is 9.77. The van der Waals surface area contributed by atoms with Gasteiger partial charge in [-0.15, -0.1) is 9.05 Å². The molecule has 7 atom stereocenters. The highest BCUT2D eigenvalue weighted by molar-refractivity contribution is 8.00. The van der Waals surface area contributed by atoms with Crippen molar-refractivity contribution in [1.29, 1.82) is 0 Å². The van der Waals surface area contributed by atoms with Crippen LogP contribution in [-0.2, 0) is 30.0 Å². The number of aromatic nitrogens is 4. The third-order valence-electron chi connectivity index (χ3n) is 8.68. The molecule has 1 aliphatic carbocycles. The summed E-state index contributed by atoms with van der Waals surface area (Å²) in [5.41, 5.74) is 7.12. The van der Waals surface area contributed by atoms with Crippen LogP contribution in [0.1, 0.15) is 66.5 Å². The zero-order valence-corrected chi connectivity index (χ0v) is 28.1. The molecule has 3 N–H and O–H groups in total. The molecule has 1 saturated carbocycles. The smallest absolute Gasteiger partial charge is 0.414 e. The van der Waals surface area contributed by atoms with Crippen molar-refractivity contribution >= 4 is 57.0 Å². The number of aromatic amines is 1. The molecule has 1 saturated heterocycles. The number of nitrogen functional groups attached to an aromatic ring is 1. The summed E-state index contributed by atoms with van der Waals surface area (Å²) in [5, 5.41) is 0.0377. The number of imidazole rings is 1. The van der Waals surface area contributed by atoms with Crippen LogP contribution >= 0.6 is 19.8 Å². The van der Waals surface area contributed by atoms with Crippen molar-refractivity contribution in [3.05, 3.63) is 28.8 Å². The number of H-pyrrole nitrogens is 1. The first-order valence-electron chi connectivity index (χ1n) is 13.7. The molecule has 3 heterocycles. The molecular formula is C26H43N5O5PS2Si+. The molecule has 4 rings (SSSR count). The van der Waals surface area contributed by atoms with Gasteiger partial charge in [-0.05, 0) is 57.2 Å². The number of nitrogens with two attached hydrogens (primary N) is 1. The normalized spacial score (nSPS) is 30.1. The highest BCUT2D eigenvalue weighted by atomic mass is 32.4. The molecule has 0 spiro atoms. The summed E-state index contributed by atoms with van der Waals surface area (Å²) < 4.78 is 27.2. The molecule has 2 fully saturated rings. The van der Waals surface area contributed by atoms with Crippen LogP contribution in [0.4, 0.5) is 5.95 Å². The molecule has 0 amide bonds. The molecule has 0 aromatic carbocycles. The standard InChI is InChI=1S/C26H42N5O5PS2Si/c1-15(2)16-9-10-26(6,38)19(11-16)36-37(39)35-17-12-20(34-18(17)13-33-40(7,8)25(3,4)5)31-14-28-21-22(31)29-24(27)30-23(21)32/h14,16-20H,1,9-13H2,2-8H3,(H3-,27,29,30,32,38)/p+1/t16-,17-,18+,19+,20+,26+/m0/s1. The third kappa shape index (κ3) is 6.89. The lowest BCUT2D eigenvalue weighted by Crippen LogP contribution is -2.44. The van der Waals surface area contributed by atoms with Crippen molar-refractivity contribution in [3.8, 4) is 0 Å². The lowest BCUT2D eigenvalue weighted by molar-refractivity contribution is -0.0371. The van der Waals surface area contributed by atoms with Gasteiger partial charge in [0.1, 0.15) is 24.5 Å². The number of fused-ring (bicyclic) bond motifs is 1. The summed E-state index contributed by atoms with van der Waals surface area (Å²) in [6, 6.07) is 0. The summed E-state index contributed by atoms with van der Waals surface area (Å²) in [4.78, 5) is 23.4. The molecule has 1 aliphatic heterocycles. The van der Waals surface area contributed by atoms with E-state index in [1.165, 1.54) is 0 Å². The predicted octanol–water partition coefficient (Wildman–Crippen LogP) is 5.62. The minimum Gasteiger partial charge on any atom is -0.414 e. The second kappa shape index (κ2) is 11.8. The van der Waals surface area contributed by atoms with E-state index in [1.54, 1.807) is 10.9 Å². The fourth-order valence-corrected chi connectivity index (χ4v) is 7.94. The largest absolute Gasteiger partial charge is 0.522 e. The van der Waals surface area contributed by atoms with Crippen molar-refractivity contribution in [2.24, 2.45) is 5.92 Å². The molecule has 40 heavy (non-hydrogen) atoms. The van der Waals surface area contributed by atoms with Crippen molar-refractivity contribution in [1.82, 2.24) is 19.5 Å². The van der Waals surface area contributed by atoms with Gasteiger partial charge in [0, 0.05) is 11.2 Å². The Labute approximate surface area is 248 Å². The van der Waals surface area contributed by atoms with E-state index < -0.39 is 33.4 Å². The lowest BCUT2D eigenvalue weighted by Gasteiger charge is -2.38. The summed E-state index contributed by atoms with van der Waals surface area (Å²) >= 11 is 10.7. The molecule has 10 nitrogen and oxygen atoms in total. The van der Waals surface area contributed by atoms with Crippen LogP contribution in [-0.4, -0.2) is 57.5 Å². The van der Waals surface area contributed by atoms with E-state index in [-0.39, 0.29) is 33.5 Å². The number of ether oxygens (including phenoxy) is 1. The molecular weight excluding hydrogens is 586 g/mol. The van der Waals surface area contributed by atoms with Gasteiger partial charge in [0.2, 0.25) is 17.8 Å². The Bertz CT molecular complexity index is 1330. The number of nitrogens with one attached hydrogen (secondary N) is 1. The van der Waals surface area contributed by atoms with Crippen LogP contribution in [0, 0.1) is 5.92 Å². The van der Waals surface area contributed by atoms with Gasteiger partial charge >= 0.3 is 7.15 Å². The first-order chi connectivity index (χ1) is 18.5. The second-order valence-electron chi connectivity index (χ2n) is 12.8. The number of hydrogen-bond acceptors (Lipinski definition) is 10. The van der Waals surface area contributed by atoms with Crippen molar-refractivity contribution in [2.75, 3.05) is 12.3 Å². The zero-order chi connectivity index (χ0) is 29.6. The number of anilines is 1. The maximum Gasteiger partial charge on any atom is 0.522 e. The van der Waals surface area contributed by atoms with Crippen LogP contribution in [0.25, 0.3) is 11.2 Å². The Morgan fingerprint density at radius 3 is 2.75 bits per heavy atom. The number of hydrogen-bond donors (Lipinski definition) is 3. The molecule has 1 unspecified atom stereocenters. The number of rotatable bonds is 9. The first kappa shape index (κ1) is 31.7. The third-order valence-corrected chi connectivity index (χ3v) is 15.1. The van der Waals surface area contributed by atoms with Crippen LogP contribution < -0.4 is 11.3 Å². The molecule has 0 radical (unpaired) electrons. The molecule has 14 heteroatoms. The molecule has 222 valence electrons. The topological polar surface area (TPSA) is 127 Å². The van der Waals surface area contributed by atoms with E-state index in [0.29, 0.717) is 24.6 Å². The van der Waals surface area contributed by atoms with Gasteiger partial charge < -0.3 is 14.9 Å². The van der Waals surface area contributed by atoms with Gasteiger partial charge in [-0.1, -0.05) is 32.9 Å². The van der Waals surface area contributed by atoms with Gasteiger partial charge in [0.15, 0.2) is 19.5 Å². The van der Waals surface area contributed by atoms with E-state index in [0.717, 1.165) is 24.8 Å². The van der Waals surface area contributed by atoms with E-state index in [1.807, 2.05) is 0 Å².